The van der Waals surface area contributed by atoms with Gasteiger partial charge >= 0.3 is 0 Å². The van der Waals surface area contributed by atoms with Gasteiger partial charge in [-0.05, 0) is 35.8 Å². The normalized spacial score (nSPS) is 25.2. The summed E-state index contributed by atoms with van der Waals surface area (Å²) < 4.78 is 12.2. The predicted molar refractivity (Wildman–Crippen MR) is 55.8 cm³/mol. The molecule has 2 heterocycles. The minimum Gasteiger partial charge on any atom is -0.347 e. The fourth-order valence-electron chi connectivity index (χ4n) is 1.46. The summed E-state index contributed by atoms with van der Waals surface area (Å²) in [6.45, 7) is 4.42. The highest BCUT2D eigenvalue weighted by molar-refractivity contribution is 9.10. The van der Waals surface area contributed by atoms with Crippen molar-refractivity contribution < 1.29 is 9.47 Å². The second kappa shape index (κ2) is 3.61. The maximum atomic E-state index is 5.71. The monoisotopic (exact) mass is 257 g/mol. The number of pyridine rings is 1. The molecule has 2 rings (SSSR count). The van der Waals surface area contributed by atoms with Gasteiger partial charge in [0.1, 0.15) is 6.10 Å². The summed E-state index contributed by atoms with van der Waals surface area (Å²) in [6.07, 6.45) is 3.56. The second-order valence-electron chi connectivity index (χ2n) is 3.75. The van der Waals surface area contributed by atoms with Gasteiger partial charge in [0, 0.05) is 22.4 Å². The molecule has 1 aromatic heterocycles. The zero-order chi connectivity index (χ0) is 10.2. The molecule has 0 aromatic carbocycles. The first-order valence-electron chi connectivity index (χ1n) is 4.49. The molecule has 0 amide bonds. The van der Waals surface area contributed by atoms with E-state index < -0.39 is 5.79 Å². The van der Waals surface area contributed by atoms with E-state index in [1.54, 1.807) is 12.4 Å². The SMILES string of the molecule is CC1(C)OCC(c2cncc(Br)c2)O1. The molecule has 0 bridgehead atoms. The van der Waals surface area contributed by atoms with Crippen LogP contribution in [0.25, 0.3) is 0 Å². The van der Waals surface area contributed by atoms with Crippen LogP contribution in [0.3, 0.4) is 0 Å². The van der Waals surface area contributed by atoms with Crippen molar-refractivity contribution in [2.45, 2.75) is 25.7 Å². The van der Waals surface area contributed by atoms with E-state index in [9.17, 15) is 0 Å². The molecule has 0 spiro atoms. The van der Waals surface area contributed by atoms with E-state index in [0.717, 1.165) is 10.0 Å². The van der Waals surface area contributed by atoms with Gasteiger partial charge in [-0.1, -0.05) is 0 Å². The molecule has 1 aromatic rings. The molecule has 1 atom stereocenters. The Balaban J connectivity index is 2.17. The van der Waals surface area contributed by atoms with Crippen LogP contribution in [-0.4, -0.2) is 17.4 Å². The molecule has 1 aliphatic heterocycles. The van der Waals surface area contributed by atoms with E-state index in [1.165, 1.54) is 0 Å². The summed E-state index contributed by atoms with van der Waals surface area (Å²) in [5.41, 5.74) is 1.05. The van der Waals surface area contributed by atoms with Crippen molar-refractivity contribution in [3.63, 3.8) is 0 Å². The molecular formula is C10H12BrNO2. The zero-order valence-corrected chi connectivity index (χ0v) is 9.74. The van der Waals surface area contributed by atoms with Gasteiger partial charge in [0.15, 0.2) is 5.79 Å². The first kappa shape index (κ1) is 10.1. The smallest absolute Gasteiger partial charge is 0.163 e. The van der Waals surface area contributed by atoms with E-state index >= 15 is 0 Å². The van der Waals surface area contributed by atoms with Gasteiger partial charge in [0.2, 0.25) is 0 Å². The molecule has 76 valence electrons. The van der Waals surface area contributed by atoms with Crippen LogP contribution in [0.5, 0.6) is 0 Å². The Morgan fingerprint density at radius 3 is 2.86 bits per heavy atom. The number of hydrogen-bond donors (Lipinski definition) is 0. The largest absolute Gasteiger partial charge is 0.347 e. The van der Waals surface area contributed by atoms with Crippen LogP contribution < -0.4 is 0 Å². The second-order valence-corrected chi connectivity index (χ2v) is 4.67. The van der Waals surface area contributed by atoms with Crippen LogP contribution in [0.4, 0.5) is 0 Å². The van der Waals surface area contributed by atoms with Crippen LogP contribution in [-0.2, 0) is 9.47 Å². The first-order chi connectivity index (χ1) is 6.57. The van der Waals surface area contributed by atoms with Crippen molar-refractivity contribution in [2.75, 3.05) is 6.61 Å². The Hall–Kier alpha value is -0.450. The minimum atomic E-state index is -0.479. The Morgan fingerprint density at radius 2 is 2.29 bits per heavy atom. The van der Waals surface area contributed by atoms with E-state index in [0.29, 0.717) is 6.61 Å². The number of rotatable bonds is 1. The summed E-state index contributed by atoms with van der Waals surface area (Å²) in [5.74, 6) is -0.479. The molecule has 0 radical (unpaired) electrons. The molecule has 0 saturated carbocycles. The van der Waals surface area contributed by atoms with Gasteiger partial charge in [0.05, 0.1) is 6.61 Å². The van der Waals surface area contributed by atoms with Crippen molar-refractivity contribution >= 4 is 15.9 Å². The lowest BCUT2D eigenvalue weighted by atomic mass is 10.2. The maximum Gasteiger partial charge on any atom is 0.163 e. The molecule has 1 unspecified atom stereocenters. The highest BCUT2D eigenvalue weighted by Gasteiger charge is 2.33. The molecule has 0 N–H and O–H groups in total. The average Bonchev–Trinajstić information content (AvgIpc) is 2.46. The van der Waals surface area contributed by atoms with Crippen molar-refractivity contribution in [1.29, 1.82) is 0 Å². The van der Waals surface area contributed by atoms with Crippen LogP contribution in [0, 0.1) is 0 Å². The number of nitrogens with zero attached hydrogens (tertiary/aromatic N) is 1. The topological polar surface area (TPSA) is 31.4 Å². The molecule has 0 aliphatic carbocycles. The summed E-state index contributed by atoms with van der Waals surface area (Å²) in [4.78, 5) is 4.09. The molecule has 1 aliphatic rings. The van der Waals surface area contributed by atoms with Crippen molar-refractivity contribution in [3.8, 4) is 0 Å². The van der Waals surface area contributed by atoms with E-state index in [4.69, 9.17) is 9.47 Å². The Morgan fingerprint density at radius 1 is 1.50 bits per heavy atom. The minimum absolute atomic E-state index is 0.00463. The molecule has 1 saturated heterocycles. The third-order valence-corrected chi connectivity index (χ3v) is 2.54. The van der Waals surface area contributed by atoms with Gasteiger partial charge in [-0.3, -0.25) is 4.98 Å². The summed E-state index contributed by atoms with van der Waals surface area (Å²) >= 11 is 3.38. The third kappa shape index (κ3) is 2.13. The Labute approximate surface area is 91.6 Å². The number of aromatic nitrogens is 1. The van der Waals surface area contributed by atoms with Crippen LogP contribution in [0.15, 0.2) is 22.9 Å². The Kier molecular flexibility index (Phi) is 2.60. The molecule has 3 nitrogen and oxygen atoms in total. The van der Waals surface area contributed by atoms with Crippen LogP contribution in [0.1, 0.15) is 25.5 Å². The van der Waals surface area contributed by atoms with E-state index in [-0.39, 0.29) is 6.10 Å². The lowest BCUT2D eigenvalue weighted by Crippen LogP contribution is -2.19. The zero-order valence-electron chi connectivity index (χ0n) is 8.16. The standard InChI is InChI=1S/C10H12BrNO2/c1-10(2)13-6-9(14-10)7-3-8(11)5-12-4-7/h3-5,9H,6H2,1-2H3. The quantitative estimate of drug-likeness (QED) is 0.776. The summed E-state index contributed by atoms with van der Waals surface area (Å²) in [7, 11) is 0. The van der Waals surface area contributed by atoms with Crippen molar-refractivity contribution in [2.24, 2.45) is 0 Å². The van der Waals surface area contributed by atoms with Gasteiger partial charge in [-0.25, -0.2) is 0 Å². The predicted octanol–water partition coefficient (Wildman–Crippen LogP) is 2.67. The van der Waals surface area contributed by atoms with Gasteiger partial charge in [0.25, 0.3) is 0 Å². The summed E-state index contributed by atoms with van der Waals surface area (Å²) in [5, 5.41) is 0. The van der Waals surface area contributed by atoms with Crippen molar-refractivity contribution in [3.05, 3.63) is 28.5 Å². The molecular weight excluding hydrogens is 246 g/mol. The highest BCUT2D eigenvalue weighted by Crippen LogP contribution is 2.32. The third-order valence-electron chi connectivity index (χ3n) is 2.11. The van der Waals surface area contributed by atoms with Gasteiger partial charge < -0.3 is 9.47 Å². The highest BCUT2D eigenvalue weighted by atomic mass is 79.9. The number of hydrogen-bond acceptors (Lipinski definition) is 3. The average molecular weight is 258 g/mol. The fraction of sp³-hybridized carbons (Fsp3) is 0.500. The van der Waals surface area contributed by atoms with Crippen LogP contribution >= 0.6 is 15.9 Å². The maximum absolute atomic E-state index is 5.71. The van der Waals surface area contributed by atoms with Crippen LogP contribution in [0.2, 0.25) is 0 Å². The number of ether oxygens (including phenoxy) is 2. The molecule has 4 heteroatoms. The lowest BCUT2D eigenvalue weighted by molar-refractivity contribution is -0.139. The first-order valence-corrected chi connectivity index (χ1v) is 5.28. The van der Waals surface area contributed by atoms with Gasteiger partial charge in [-0.15, -0.1) is 0 Å². The van der Waals surface area contributed by atoms with E-state index in [2.05, 4.69) is 20.9 Å². The van der Waals surface area contributed by atoms with Gasteiger partial charge in [-0.2, -0.15) is 0 Å². The van der Waals surface area contributed by atoms with Crippen molar-refractivity contribution in [1.82, 2.24) is 4.98 Å². The Bertz CT molecular complexity index is 341. The van der Waals surface area contributed by atoms with E-state index in [1.807, 2.05) is 19.9 Å². The number of halogens is 1. The summed E-state index contributed by atoms with van der Waals surface area (Å²) in [6, 6.07) is 2.00. The lowest BCUT2D eigenvalue weighted by Gasteiger charge is -2.17. The molecule has 14 heavy (non-hydrogen) atoms. The molecule has 1 fully saturated rings. The fourth-order valence-corrected chi connectivity index (χ4v) is 1.84.